The van der Waals surface area contributed by atoms with E-state index in [9.17, 15) is 9.18 Å². The van der Waals surface area contributed by atoms with E-state index in [1.165, 1.54) is 23.5 Å². The number of nitrogens with one attached hydrogen (secondary N) is 2. The number of hydrogen-bond donors (Lipinski definition) is 2. The molecule has 3 aromatic rings. The van der Waals surface area contributed by atoms with Crippen LogP contribution in [0, 0.1) is 12.7 Å². The third-order valence-electron chi connectivity index (χ3n) is 4.50. The van der Waals surface area contributed by atoms with Crippen LogP contribution < -0.4 is 5.32 Å². The van der Waals surface area contributed by atoms with Gasteiger partial charge in [0.2, 0.25) is 0 Å². The number of benzene rings is 1. The Labute approximate surface area is 148 Å². The summed E-state index contributed by atoms with van der Waals surface area (Å²) in [6.45, 7) is 2.53. The number of H-pyrrole nitrogens is 1. The van der Waals surface area contributed by atoms with E-state index in [0.717, 1.165) is 23.7 Å². The minimum absolute atomic E-state index is 0.0226. The Kier molecular flexibility index (Phi) is 3.91. The van der Waals surface area contributed by atoms with Gasteiger partial charge in [-0.05, 0) is 38.0 Å². The maximum Gasteiger partial charge on any atom is 0.266 e. The summed E-state index contributed by atoms with van der Waals surface area (Å²) in [6, 6.07) is 4.35. The van der Waals surface area contributed by atoms with Crippen molar-refractivity contribution in [2.45, 2.75) is 25.8 Å². The fourth-order valence-corrected chi connectivity index (χ4v) is 4.16. The fourth-order valence-electron chi connectivity index (χ4n) is 3.29. The summed E-state index contributed by atoms with van der Waals surface area (Å²) < 4.78 is 13.4. The van der Waals surface area contributed by atoms with Crippen molar-refractivity contribution in [2.24, 2.45) is 0 Å². The number of likely N-dealkylation sites (tertiary alicyclic amines) is 1. The molecule has 2 N–H and O–H groups in total. The second-order valence-electron chi connectivity index (χ2n) is 6.12. The number of aryl methyl sites for hydroxylation is 1. The number of imidazole rings is 1. The van der Waals surface area contributed by atoms with Gasteiger partial charge in [0.15, 0.2) is 5.13 Å². The lowest BCUT2D eigenvalue weighted by Crippen LogP contribution is -2.31. The molecule has 130 valence electrons. The second kappa shape index (κ2) is 6.11. The van der Waals surface area contributed by atoms with Crippen LogP contribution in [0.5, 0.6) is 0 Å². The van der Waals surface area contributed by atoms with Crippen molar-refractivity contribution in [3.8, 4) is 0 Å². The Morgan fingerprint density at radius 3 is 3.04 bits per heavy atom. The van der Waals surface area contributed by atoms with Crippen molar-refractivity contribution in [3.63, 3.8) is 0 Å². The standard InChI is InChI=1S/C17H18FN5OS/c1-9-14(25-17(19-2)20-9)16(24)23-7-3-4-13(23)15-21-11-6-5-10(18)8-12(11)22-15/h5-6,8,13H,3-4,7H2,1-2H3,(H,19,20)(H,21,22). The number of amides is 1. The van der Waals surface area contributed by atoms with Gasteiger partial charge >= 0.3 is 0 Å². The number of aromatic amines is 1. The zero-order chi connectivity index (χ0) is 17.6. The van der Waals surface area contributed by atoms with Crippen LogP contribution in [0.3, 0.4) is 0 Å². The number of nitrogens with zero attached hydrogens (tertiary/aromatic N) is 3. The molecule has 0 aliphatic carbocycles. The highest BCUT2D eigenvalue weighted by Crippen LogP contribution is 2.34. The van der Waals surface area contributed by atoms with E-state index in [4.69, 9.17) is 0 Å². The number of rotatable bonds is 3. The minimum Gasteiger partial charge on any atom is -0.365 e. The Bertz CT molecular complexity index is 950. The second-order valence-corrected chi connectivity index (χ2v) is 7.12. The molecule has 3 heterocycles. The van der Waals surface area contributed by atoms with Crippen LogP contribution in [0.2, 0.25) is 0 Å². The molecule has 1 aromatic carbocycles. The van der Waals surface area contributed by atoms with Crippen LogP contribution in [-0.2, 0) is 0 Å². The zero-order valence-corrected chi connectivity index (χ0v) is 14.8. The molecule has 25 heavy (non-hydrogen) atoms. The summed E-state index contributed by atoms with van der Waals surface area (Å²) >= 11 is 1.37. The molecule has 1 fully saturated rings. The van der Waals surface area contributed by atoms with Gasteiger partial charge in [0.25, 0.3) is 5.91 Å². The average molecular weight is 359 g/mol. The van der Waals surface area contributed by atoms with Crippen LogP contribution in [-0.4, -0.2) is 39.4 Å². The smallest absolute Gasteiger partial charge is 0.266 e. The number of thiazole rings is 1. The lowest BCUT2D eigenvalue weighted by Gasteiger charge is -2.22. The average Bonchev–Trinajstić information content (AvgIpc) is 3.30. The molecule has 2 aromatic heterocycles. The lowest BCUT2D eigenvalue weighted by atomic mass is 10.2. The van der Waals surface area contributed by atoms with Gasteiger partial charge in [0.05, 0.1) is 22.8 Å². The van der Waals surface area contributed by atoms with Gasteiger partial charge in [-0.2, -0.15) is 0 Å². The number of anilines is 1. The van der Waals surface area contributed by atoms with Crippen LogP contribution in [0.4, 0.5) is 9.52 Å². The van der Waals surface area contributed by atoms with Crippen LogP contribution in [0.1, 0.15) is 40.1 Å². The maximum absolute atomic E-state index is 13.4. The summed E-state index contributed by atoms with van der Waals surface area (Å²) in [7, 11) is 1.79. The molecule has 1 unspecified atom stereocenters. The molecule has 0 spiro atoms. The fraction of sp³-hybridized carbons (Fsp3) is 0.353. The highest BCUT2D eigenvalue weighted by molar-refractivity contribution is 7.17. The third kappa shape index (κ3) is 2.76. The van der Waals surface area contributed by atoms with Crippen LogP contribution in [0.15, 0.2) is 18.2 Å². The van der Waals surface area contributed by atoms with E-state index in [0.29, 0.717) is 28.3 Å². The zero-order valence-electron chi connectivity index (χ0n) is 14.0. The predicted molar refractivity (Wildman–Crippen MR) is 95.5 cm³/mol. The Balaban J connectivity index is 1.67. The molecule has 1 amide bonds. The highest BCUT2D eigenvalue weighted by Gasteiger charge is 2.34. The SMILES string of the molecule is CNc1nc(C)c(C(=O)N2CCCC2c2nc3ccc(F)cc3[nH]2)s1. The van der Waals surface area contributed by atoms with Crippen molar-refractivity contribution in [3.05, 3.63) is 40.4 Å². The molecule has 0 radical (unpaired) electrons. The van der Waals surface area contributed by atoms with E-state index in [2.05, 4.69) is 20.3 Å². The van der Waals surface area contributed by atoms with Crippen molar-refractivity contribution >= 4 is 33.4 Å². The summed E-state index contributed by atoms with van der Waals surface area (Å²) in [5.74, 6) is 0.384. The van der Waals surface area contributed by atoms with Crippen LogP contribution >= 0.6 is 11.3 Å². The largest absolute Gasteiger partial charge is 0.365 e. The summed E-state index contributed by atoms with van der Waals surface area (Å²) in [5.41, 5.74) is 2.10. The summed E-state index contributed by atoms with van der Waals surface area (Å²) in [4.78, 5) is 27.6. The van der Waals surface area contributed by atoms with E-state index < -0.39 is 0 Å². The first-order valence-corrected chi connectivity index (χ1v) is 9.00. The van der Waals surface area contributed by atoms with Crippen molar-refractivity contribution in [1.29, 1.82) is 0 Å². The Hall–Kier alpha value is -2.48. The van der Waals surface area contributed by atoms with E-state index in [1.807, 2.05) is 11.8 Å². The number of halogens is 1. The normalized spacial score (nSPS) is 17.4. The number of fused-ring (bicyclic) bond motifs is 1. The van der Waals surface area contributed by atoms with Crippen molar-refractivity contribution < 1.29 is 9.18 Å². The minimum atomic E-state index is -0.304. The van der Waals surface area contributed by atoms with Crippen LogP contribution in [0.25, 0.3) is 11.0 Å². The van der Waals surface area contributed by atoms with Gasteiger partial charge in [-0.1, -0.05) is 11.3 Å². The van der Waals surface area contributed by atoms with Gasteiger partial charge in [-0.3, -0.25) is 4.79 Å². The Morgan fingerprint density at radius 2 is 2.28 bits per heavy atom. The van der Waals surface area contributed by atoms with E-state index >= 15 is 0 Å². The van der Waals surface area contributed by atoms with Crippen molar-refractivity contribution in [1.82, 2.24) is 19.9 Å². The predicted octanol–water partition coefficient (Wildman–Crippen LogP) is 3.49. The molecule has 6 nitrogen and oxygen atoms in total. The topological polar surface area (TPSA) is 73.9 Å². The molecule has 1 atom stereocenters. The molecule has 1 aliphatic rings. The monoisotopic (exact) mass is 359 g/mol. The molecule has 0 saturated carbocycles. The number of aromatic nitrogens is 3. The quantitative estimate of drug-likeness (QED) is 0.751. The molecule has 1 saturated heterocycles. The molecular formula is C17H18FN5OS. The van der Waals surface area contributed by atoms with Gasteiger partial charge in [-0.15, -0.1) is 0 Å². The van der Waals surface area contributed by atoms with Gasteiger partial charge in [0.1, 0.15) is 16.5 Å². The molecule has 8 heteroatoms. The van der Waals surface area contributed by atoms with Gasteiger partial charge < -0.3 is 15.2 Å². The molecular weight excluding hydrogens is 341 g/mol. The van der Waals surface area contributed by atoms with Crippen molar-refractivity contribution in [2.75, 3.05) is 18.9 Å². The summed E-state index contributed by atoms with van der Waals surface area (Å²) in [6.07, 6.45) is 1.75. The van der Waals surface area contributed by atoms with Gasteiger partial charge in [0, 0.05) is 13.6 Å². The van der Waals surface area contributed by atoms with Gasteiger partial charge in [-0.25, -0.2) is 14.4 Å². The number of carbonyl (C=O) groups is 1. The first-order valence-electron chi connectivity index (χ1n) is 8.18. The molecule has 0 bridgehead atoms. The van der Waals surface area contributed by atoms with E-state index in [-0.39, 0.29) is 17.8 Å². The molecule has 1 aliphatic heterocycles. The highest BCUT2D eigenvalue weighted by atomic mass is 32.1. The Morgan fingerprint density at radius 1 is 1.44 bits per heavy atom. The first kappa shape index (κ1) is 16.0. The number of hydrogen-bond acceptors (Lipinski definition) is 5. The first-order chi connectivity index (χ1) is 12.1. The lowest BCUT2D eigenvalue weighted by molar-refractivity contribution is 0.0734. The van der Waals surface area contributed by atoms with E-state index in [1.54, 1.807) is 13.1 Å². The third-order valence-corrected chi connectivity index (χ3v) is 5.66. The summed E-state index contributed by atoms with van der Waals surface area (Å²) in [5, 5.41) is 3.71. The maximum atomic E-state index is 13.4. The molecule has 4 rings (SSSR count). The number of carbonyl (C=O) groups excluding carboxylic acids is 1.